The number of aliphatic hydroxyl groups is 1. The summed E-state index contributed by atoms with van der Waals surface area (Å²) in [6.07, 6.45) is 0. The first-order valence-corrected chi connectivity index (χ1v) is 12.9. The van der Waals surface area contributed by atoms with Crippen molar-refractivity contribution >= 4 is 22.6 Å². The first kappa shape index (κ1) is 25.2. The van der Waals surface area contributed by atoms with E-state index in [1.807, 2.05) is 30.3 Å². The van der Waals surface area contributed by atoms with Gasteiger partial charge in [0, 0.05) is 65.5 Å². The van der Waals surface area contributed by atoms with Gasteiger partial charge in [-0.2, -0.15) is 0 Å². The highest BCUT2D eigenvalue weighted by atomic mass is 19.1. The Morgan fingerprint density at radius 2 is 1.85 bits per heavy atom. The molecule has 3 N–H and O–H groups in total. The molecule has 3 aromatic carbocycles. The summed E-state index contributed by atoms with van der Waals surface area (Å²) >= 11 is 0. The van der Waals surface area contributed by atoms with Crippen molar-refractivity contribution in [2.24, 2.45) is 0 Å². The van der Waals surface area contributed by atoms with Crippen molar-refractivity contribution in [3.63, 3.8) is 0 Å². The number of halogens is 1. The fourth-order valence-corrected chi connectivity index (χ4v) is 6.20. The number of amides is 2. The fourth-order valence-electron chi connectivity index (χ4n) is 6.20. The van der Waals surface area contributed by atoms with Gasteiger partial charge < -0.3 is 29.8 Å². The molecule has 0 saturated carbocycles. The quantitative estimate of drug-likeness (QED) is 0.338. The van der Waals surface area contributed by atoms with Crippen molar-refractivity contribution in [3.05, 3.63) is 89.4 Å². The first-order valence-electron chi connectivity index (χ1n) is 12.9. The predicted octanol–water partition coefficient (Wildman–Crippen LogP) is 4.66. The lowest BCUT2D eigenvalue weighted by atomic mass is 9.68. The largest absolute Gasteiger partial charge is 0.497 e. The number of hydrogen-bond donors (Lipinski definition) is 3. The Balaban J connectivity index is 1.36. The topological polar surface area (TPSA) is 90.1 Å². The molecule has 202 valence electrons. The first-order chi connectivity index (χ1) is 18.9. The molecule has 1 spiro atoms. The van der Waals surface area contributed by atoms with Gasteiger partial charge in [0.15, 0.2) is 0 Å². The predicted molar refractivity (Wildman–Crippen MR) is 147 cm³/mol. The third-order valence-electron chi connectivity index (χ3n) is 7.92. The third kappa shape index (κ3) is 4.37. The van der Waals surface area contributed by atoms with Gasteiger partial charge in [-0.1, -0.05) is 18.2 Å². The molecule has 1 saturated heterocycles. The van der Waals surface area contributed by atoms with Crippen LogP contribution in [0.3, 0.4) is 0 Å². The molecule has 2 aliphatic rings. The summed E-state index contributed by atoms with van der Waals surface area (Å²) in [6.45, 7) is 2.38. The molecule has 0 unspecified atom stereocenters. The van der Waals surface area contributed by atoms with Crippen molar-refractivity contribution in [1.82, 2.24) is 14.8 Å². The maximum atomic E-state index is 13.6. The minimum absolute atomic E-state index is 0.241. The van der Waals surface area contributed by atoms with Gasteiger partial charge in [0.25, 0.3) is 0 Å². The molecule has 8 nitrogen and oxygen atoms in total. The molecule has 2 amide bonds. The summed E-state index contributed by atoms with van der Waals surface area (Å²) < 4.78 is 24.4. The average Bonchev–Trinajstić information content (AvgIpc) is 3.32. The molecular formula is C30H31FN4O4. The fraction of sp³-hybridized carbons (Fsp3) is 0.300. The molecule has 6 rings (SSSR count). The van der Waals surface area contributed by atoms with Gasteiger partial charge in [0.05, 0.1) is 26.9 Å². The monoisotopic (exact) mass is 530 g/mol. The number of H-pyrrole nitrogens is 1. The summed E-state index contributed by atoms with van der Waals surface area (Å²) in [6, 6.07) is 18.7. The van der Waals surface area contributed by atoms with Crippen LogP contribution in [0.5, 0.6) is 11.5 Å². The number of benzene rings is 3. The zero-order chi connectivity index (χ0) is 27.1. The molecule has 0 aliphatic carbocycles. The van der Waals surface area contributed by atoms with E-state index in [2.05, 4.69) is 27.3 Å². The van der Waals surface area contributed by atoms with Crippen LogP contribution in [0, 0.1) is 5.82 Å². The summed E-state index contributed by atoms with van der Waals surface area (Å²) in [5, 5.41) is 14.5. The molecule has 1 aromatic heterocycles. The number of aromatic nitrogens is 1. The van der Waals surface area contributed by atoms with Gasteiger partial charge in [-0.15, -0.1) is 0 Å². The van der Waals surface area contributed by atoms with Crippen molar-refractivity contribution in [1.29, 1.82) is 0 Å². The molecule has 39 heavy (non-hydrogen) atoms. The summed E-state index contributed by atoms with van der Waals surface area (Å²) in [4.78, 5) is 21.1. The van der Waals surface area contributed by atoms with Crippen LogP contribution in [-0.2, 0) is 12.0 Å². The number of methoxy groups -OCH3 is 2. The second-order valence-corrected chi connectivity index (χ2v) is 10.3. The van der Waals surface area contributed by atoms with E-state index >= 15 is 0 Å². The lowest BCUT2D eigenvalue weighted by molar-refractivity contribution is 0.00823. The summed E-state index contributed by atoms with van der Waals surface area (Å²) in [7, 11) is 3.31. The van der Waals surface area contributed by atoms with Crippen LogP contribution in [0.2, 0.25) is 0 Å². The van der Waals surface area contributed by atoms with E-state index in [0.717, 1.165) is 58.9 Å². The third-order valence-corrected chi connectivity index (χ3v) is 7.92. The van der Waals surface area contributed by atoms with E-state index in [4.69, 9.17) is 9.47 Å². The molecule has 9 heteroatoms. The van der Waals surface area contributed by atoms with Gasteiger partial charge in [-0.05, 0) is 48.0 Å². The Hall–Kier alpha value is -4.08. The minimum atomic E-state index is -0.562. The number of carbonyl (C=O) groups is 1. The van der Waals surface area contributed by atoms with Crippen LogP contribution in [0.15, 0.2) is 66.7 Å². The Bertz CT molecular complexity index is 1510. The highest BCUT2D eigenvalue weighted by Crippen LogP contribution is 2.49. The molecule has 4 aromatic rings. The Morgan fingerprint density at radius 3 is 2.56 bits per heavy atom. The zero-order valence-corrected chi connectivity index (χ0v) is 21.9. The van der Waals surface area contributed by atoms with Crippen LogP contribution in [0.25, 0.3) is 10.9 Å². The number of carbonyl (C=O) groups excluding carboxylic acids is 1. The van der Waals surface area contributed by atoms with E-state index in [9.17, 15) is 14.3 Å². The smallest absolute Gasteiger partial charge is 0.322 e. The number of aromatic amines is 1. The van der Waals surface area contributed by atoms with Gasteiger partial charge in [-0.3, -0.25) is 4.90 Å². The second kappa shape index (κ2) is 9.91. The lowest BCUT2D eigenvalue weighted by Gasteiger charge is -2.56. The van der Waals surface area contributed by atoms with Crippen LogP contribution >= 0.6 is 0 Å². The van der Waals surface area contributed by atoms with Crippen LogP contribution < -0.4 is 14.8 Å². The maximum Gasteiger partial charge on any atom is 0.322 e. The van der Waals surface area contributed by atoms with E-state index in [1.165, 1.54) is 24.3 Å². The number of ether oxygens (including phenoxy) is 2. The van der Waals surface area contributed by atoms with Crippen molar-refractivity contribution in [3.8, 4) is 11.5 Å². The number of aliphatic hydroxyl groups excluding tert-OH is 1. The summed E-state index contributed by atoms with van der Waals surface area (Å²) in [5.41, 5.74) is 4.13. The maximum absolute atomic E-state index is 13.6. The standard InChI is InChI=1S/C30H31FN4O4/c1-38-22-11-12-23-24(13-22)33-28-25(15-36)35(29(37)32-21-9-7-20(31)8-10-21)18-30(27(23)28)16-34(17-30)14-19-5-3-4-6-26(19)39-2/h3-13,25,33,36H,14-18H2,1-2H3,(H,32,37)/t25-/m1/s1. The van der Waals surface area contributed by atoms with Crippen molar-refractivity contribution < 1.29 is 23.8 Å². The van der Waals surface area contributed by atoms with Gasteiger partial charge in [0.2, 0.25) is 0 Å². The Morgan fingerprint density at radius 1 is 1.08 bits per heavy atom. The molecule has 1 fully saturated rings. The second-order valence-electron chi connectivity index (χ2n) is 10.3. The van der Waals surface area contributed by atoms with E-state index < -0.39 is 6.04 Å². The highest BCUT2D eigenvalue weighted by molar-refractivity contribution is 5.92. The summed E-state index contributed by atoms with van der Waals surface area (Å²) in [5.74, 6) is 1.21. The van der Waals surface area contributed by atoms with E-state index in [-0.39, 0.29) is 23.9 Å². The van der Waals surface area contributed by atoms with E-state index in [1.54, 1.807) is 19.1 Å². The van der Waals surface area contributed by atoms with Gasteiger partial charge in [0.1, 0.15) is 17.3 Å². The SMILES string of the molecule is COc1ccc2c3c([nH]c2c1)[C@@H](CO)N(C(=O)Nc1ccc(F)cc1)CC31CN(Cc2ccccc2OC)C1. The number of hydrogen-bond acceptors (Lipinski definition) is 5. The molecule has 0 bridgehead atoms. The minimum Gasteiger partial charge on any atom is -0.497 e. The number of likely N-dealkylation sites (tertiary alicyclic amines) is 1. The van der Waals surface area contributed by atoms with E-state index in [0.29, 0.717) is 12.2 Å². The Labute approximate surface area is 225 Å². The number of rotatable bonds is 6. The molecule has 3 heterocycles. The Kier molecular flexibility index (Phi) is 6.40. The molecule has 1 atom stereocenters. The number of fused-ring (bicyclic) bond motifs is 4. The number of nitrogens with zero attached hydrogens (tertiary/aromatic N) is 2. The molecule has 0 radical (unpaired) electrons. The molecular weight excluding hydrogens is 499 g/mol. The van der Waals surface area contributed by atoms with Crippen LogP contribution in [-0.4, -0.2) is 66.4 Å². The molecule has 2 aliphatic heterocycles. The van der Waals surface area contributed by atoms with Crippen molar-refractivity contribution in [2.75, 3.05) is 45.8 Å². The lowest BCUT2D eigenvalue weighted by Crippen LogP contribution is -2.66. The normalized spacial score (nSPS) is 18.1. The number of para-hydroxylation sites is 1. The number of urea groups is 1. The highest BCUT2D eigenvalue weighted by Gasteiger charge is 2.53. The van der Waals surface area contributed by atoms with Gasteiger partial charge >= 0.3 is 6.03 Å². The van der Waals surface area contributed by atoms with Crippen LogP contribution in [0.1, 0.15) is 22.9 Å². The van der Waals surface area contributed by atoms with Crippen LogP contribution in [0.4, 0.5) is 14.9 Å². The number of nitrogens with one attached hydrogen (secondary N) is 2. The average molecular weight is 531 g/mol. The number of anilines is 1. The van der Waals surface area contributed by atoms with Crippen molar-refractivity contribution in [2.45, 2.75) is 18.0 Å². The van der Waals surface area contributed by atoms with Gasteiger partial charge in [-0.25, -0.2) is 9.18 Å². The zero-order valence-electron chi connectivity index (χ0n) is 21.9.